The van der Waals surface area contributed by atoms with Crippen LogP contribution in [-0.4, -0.2) is 0 Å². The first-order valence-corrected chi connectivity index (χ1v) is 14.9. The molecule has 9 aromatic rings. The largest absolute Gasteiger partial charge is 0.309 e. The Balaban J connectivity index is 1.49. The number of benzene rings is 9. The molecule has 0 heterocycles. The summed E-state index contributed by atoms with van der Waals surface area (Å²) in [6.45, 7) is 0. The third kappa shape index (κ3) is 3.72. The second-order valence-corrected chi connectivity index (χ2v) is 11.4. The molecule has 0 saturated heterocycles. The minimum Gasteiger partial charge on any atom is -0.309 e. The number of anilines is 3. The Kier molecular flexibility index (Phi) is 5.27. The molecule has 1 heteroatoms. The maximum Gasteiger partial charge on any atom is 0.0552 e. The first-order valence-electron chi connectivity index (χ1n) is 14.9. The van der Waals surface area contributed by atoms with Gasteiger partial charge in [0.2, 0.25) is 0 Å². The molecular weight excluding hydrogens is 518 g/mol. The molecule has 0 aliphatic rings. The van der Waals surface area contributed by atoms with Gasteiger partial charge in [-0.1, -0.05) is 140 Å². The molecule has 200 valence electrons. The van der Waals surface area contributed by atoms with Gasteiger partial charge in [0.05, 0.1) is 11.4 Å². The Morgan fingerprint density at radius 3 is 1.58 bits per heavy atom. The Morgan fingerprint density at radius 2 is 0.814 bits per heavy atom. The highest BCUT2D eigenvalue weighted by Gasteiger charge is 2.21. The fraction of sp³-hybridized carbons (Fsp3) is 0. The Labute approximate surface area is 249 Å². The summed E-state index contributed by atoms with van der Waals surface area (Å²) in [5.41, 5.74) is 3.49. The fourth-order valence-corrected chi connectivity index (χ4v) is 6.99. The van der Waals surface area contributed by atoms with Crippen molar-refractivity contribution in [2.75, 3.05) is 4.90 Å². The van der Waals surface area contributed by atoms with Gasteiger partial charge in [-0.05, 0) is 78.1 Å². The van der Waals surface area contributed by atoms with E-state index in [4.69, 9.17) is 0 Å². The van der Waals surface area contributed by atoms with Gasteiger partial charge < -0.3 is 4.90 Å². The summed E-state index contributed by atoms with van der Waals surface area (Å²) in [4.78, 5) is 2.48. The van der Waals surface area contributed by atoms with E-state index >= 15 is 0 Å². The van der Waals surface area contributed by atoms with Crippen LogP contribution in [0.3, 0.4) is 0 Å². The molecule has 0 spiro atoms. The monoisotopic (exact) mass is 545 g/mol. The van der Waals surface area contributed by atoms with Crippen LogP contribution in [0.5, 0.6) is 0 Å². The molecule has 0 unspecified atom stereocenters. The van der Waals surface area contributed by atoms with Crippen LogP contribution in [0.1, 0.15) is 0 Å². The summed E-state index contributed by atoms with van der Waals surface area (Å²) in [5.74, 6) is 0. The fourth-order valence-electron chi connectivity index (χ4n) is 6.99. The van der Waals surface area contributed by atoms with E-state index in [2.05, 4.69) is 169 Å². The zero-order valence-corrected chi connectivity index (χ0v) is 23.5. The van der Waals surface area contributed by atoms with Gasteiger partial charge in [-0.3, -0.25) is 0 Å². The summed E-state index contributed by atoms with van der Waals surface area (Å²) in [5, 5.41) is 15.1. The van der Waals surface area contributed by atoms with Crippen molar-refractivity contribution in [3.8, 4) is 0 Å². The lowest BCUT2D eigenvalue weighted by Crippen LogP contribution is -2.11. The van der Waals surface area contributed by atoms with Crippen molar-refractivity contribution in [1.29, 1.82) is 0 Å². The molecule has 0 radical (unpaired) electrons. The molecule has 9 aromatic carbocycles. The minimum absolute atomic E-state index is 1.14. The Bertz CT molecular complexity index is 2520. The van der Waals surface area contributed by atoms with Crippen LogP contribution in [-0.2, 0) is 0 Å². The Morgan fingerprint density at radius 1 is 0.279 bits per heavy atom. The van der Waals surface area contributed by atoms with Gasteiger partial charge in [0.25, 0.3) is 0 Å². The highest BCUT2D eigenvalue weighted by atomic mass is 15.1. The molecule has 0 saturated carbocycles. The van der Waals surface area contributed by atoms with E-state index in [-0.39, 0.29) is 0 Å². The van der Waals surface area contributed by atoms with E-state index in [1.807, 2.05) is 0 Å². The van der Waals surface area contributed by atoms with Crippen molar-refractivity contribution in [2.45, 2.75) is 0 Å². The molecule has 0 bridgehead atoms. The first-order chi connectivity index (χ1) is 21.3. The van der Waals surface area contributed by atoms with Crippen LogP contribution in [0.4, 0.5) is 17.1 Å². The highest BCUT2D eigenvalue weighted by Crippen LogP contribution is 2.47. The molecule has 0 amide bonds. The lowest BCUT2D eigenvalue weighted by atomic mass is 9.91. The molecular formula is C42H27N. The van der Waals surface area contributed by atoms with Gasteiger partial charge in [-0.25, -0.2) is 0 Å². The normalized spacial score (nSPS) is 11.7. The van der Waals surface area contributed by atoms with Crippen molar-refractivity contribution in [3.05, 3.63) is 164 Å². The van der Waals surface area contributed by atoms with Crippen molar-refractivity contribution < 1.29 is 0 Å². The van der Waals surface area contributed by atoms with Crippen LogP contribution in [0.15, 0.2) is 164 Å². The van der Waals surface area contributed by atoms with Crippen LogP contribution in [0.25, 0.3) is 64.6 Å². The molecule has 0 aromatic heterocycles. The molecule has 0 N–H and O–H groups in total. The smallest absolute Gasteiger partial charge is 0.0552 e. The van der Waals surface area contributed by atoms with Gasteiger partial charge in [-0.2, -0.15) is 0 Å². The van der Waals surface area contributed by atoms with Crippen molar-refractivity contribution in [2.24, 2.45) is 0 Å². The average molecular weight is 546 g/mol. The number of hydrogen-bond donors (Lipinski definition) is 0. The summed E-state index contributed by atoms with van der Waals surface area (Å²) in [7, 11) is 0. The third-order valence-electron chi connectivity index (χ3n) is 8.95. The van der Waals surface area contributed by atoms with Crippen LogP contribution < -0.4 is 4.90 Å². The number of hydrogen-bond acceptors (Lipinski definition) is 1. The lowest BCUT2D eigenvalue weighted by molar-refractivity contribution is 1.33. The first kappa shape index (κ1) is 24.0. The molecule has 43 heavy (non-hydrogen) atoms. The highest BCUT2D eigenvalue weighted by molar-refractivity contribution is 6.29. The maximum atomic E-state index is 2.48. The molecule has 0 atom stereocenters. The number of fused-ring (bicyclic) bond motifs is 9. The molecule has 1 nitrogen and oxygen atoms in total. The summed E-state index contributed by atoms with van der Waals surface area (Å²) in [6.07, 6.45) is 0. The molecule has 9 rings (SSSR count). The summed E-state index contributed by atoms with van der Waals surface area (Å²) in [6, 6.07) is 60.0. The van der Waals surface area contributed by atoms with Crippen LogP contribution >= 0.6 is 0 Å². The van der Waals surface area contributed by atoms with Gasteiger partial charge in [0.1, 0.15) is 0 Å². The lowest BCUT2D eigenvalue weighted by Gasteiger charge is -2.29. The topological polar surface area (TPSA) is 3.24 Å². The van der Waals surface area contributed by atoms with Crippen molar-refractivity contribution >= 4 is 81.7 Å². The summed E-state index contributed by atoms with van der Waals surface area (Å²) < 4.78 is 0. The predicted octanol–water partition coefficient (Wildman–Crippen LogP) is 12.1. The number of nitrogens with zero attached hydrogens (tertiary/aromatic N) is 1. The minimum atomic E-state index is 1.14. The van der Waals surface area contributed by atoms with Crippen LogP contribution in [0, 0.1) is 0 Å². The SMILES string of the molecule is c1ccc2cc(N(c3cccc4ccccc34)c3cc4ccc5ccccc5c4c4ccc5ccccc5c34)ccc2c1. The van der Waals surface area contributed by atoms with E-state index in [1.165, 1.54) is 76.0 Å². The van der Waals surface area contributed by atoms with Gasteiger partial charge in [0.15, 0.2) is 0 Å². The predicted molar refractivity (Wildman–Crippen MR) is 186 cm³/mol. The zero-order chi connectivity index (χ0) is 28.3. The average Bonchev–Trinajstić information content (AvgIpc) is 3.08. The van der Waals surface area contributed by atoms with E-state index in [0.717, 1.165) is 5.69 Å². The third-order valence-corrected chi connectivity index (χ3v) is 8.95. The zero-order valence-electron chi connectivity index (χ0n) is 23.5. The van der Waals surface area contributed by atoms with E-state index in [1.54, 1.807) is 0 Å². The Hall–Kier alpha value is -5.66. The van der Waals surface area contributed by atoms with E-state index < -0.39 is 0 Å². The quantitative estimate of drug-likeness (QED) is 0.200. The van der Waals surface area contributed by atoms with E-state index in [9.17, 15) is 0 Å². The number of rotatable bonds is 3. The second kappa shape index (κ2) is 9.44. The maximum absolute atomic E-state index is 2.48. The summed E-state index contributed by atoms with van der Waals surface area (Å²) >= 11 is 0. The molecule has 0 aliphatic heterocycles. The van der Waals surface area contributed by atoms with Gasteiger partial charge in [-0.15, -0.1) is 0 Å². The standard InChI is InChI=1S/C42H27N/c1-2-14-32-26-34(24-22-28(32)10-1)43(39-19-9-15-29-11-3-6-16-35(29)39)40-27-33-21-20-30-12-4-7-17-36(30)41(33)38-25-23-31-13-5-8-18-37(31)42(38)40/h1-27H. The van der Waals surface area contributed by atoms with Crippen molar-refractivity contribution in [1.82, 2.24) is 0 Å². The van der Waals surface area contributed by atoms with E-state index in [0.29, 0.717) is 0 Å². The second-order valence-electron chi connectivity index (χ2n) is 11.4. The molecule has 0 fully saturated rings. The van der Waals surface area contributed by atoms with Gasteiger partial charge >= 0.3 is 0 Å². The molecule has 0 aliphatic carbocycles. The van der Waals surface area contributed by atoms with Crippen molar-refractivity contribution in [3.63, 3.8) is 0 Å². The van der Waals surface area contributed by atoms with Crippen LogP contribution in [0.2, 0.25) is 0 Å². The van der Waals surface area contributed by atoms with Gasteiger partial charge in [0, 0.05) is 16.5 Å².